The molecule has 0 bridgehead atoms. The van der Waals surface area contributed by atoms with Crippen molar-refractivity contribution in [2.45, 2.75) is 13.5 Å². The normalized spacial score (nSPS) is 10.2. The van der Waals surface area contributed by atoms with Crippen LogP contribution in [0.5, 0.6) is 17.4 Å². The second kappa shape index (κ2) is 7.46. The molecule has 1 aromatic carbocycles. The van der Waals surface area contributed by atoms with E-state index in [2.05, 4.69) is 15.3 Å². The SMILES string of the molecule is COc1ccc(Oc2cc(CNc3cccc(C)n3)ccn2)cc1. The van der Waals surface area contributed by atoms with Gasteiger partial charge in [-0.25, -0.2) is 9.97 Å². The van der Waals surface area contributed by atoms with Crippen LogP contribution in [-0.4, -0.2) is 17.1 Å². The number of aromatic nitrogens is 2. The lowest BCUT2D eigenvalue weighted by Crippen LogP contribution is -2.02. The lowest BCUT2D eigenvalue weighted by atomic mass is 10.2. The summed E-state index contributed by atoms with van der Waals surface area (Å²) in [6, 6.07) is 17.2. The standard InChI is InChI=1S/C19H19N3O2/c1-14-4-3-5-18(22-14)21-13-15-10-11-20-19(12-15)24-17-8-6-16(23-2)7-9-17/h3-12H,13H2,1-2H3,(H,21,22). The summed E-state index contributed by atoms with van der Waals surface area (Å²) in [7, 11) is 1.64. The molecule has 5 heteroatoms. The molecule has 0 aliphatic carbocycles. The Bertz CT molecular complexity index is 804. The summed E-state index contributed by atoms with van der Waals surface area (Å²) in [6.07, 6.45) is 1.74. The zero-order chi connectivity index (χ0) is 16.8. The number of methoxy groups -OCH3 is 1. The molecule has 2 aromatic heterocycles. The van der Waals surface area contributed by atoms with E-state index in [0.29, 0.717) is 18.2 Å². The van der Waals surface area contributed by atoms with Crippen LogP contribution in [0.15, 0.2) is 60.8 Å². The molecule has 0 saturated carbocycles. The third kappa shape index (κ3) is 4.23. The van der Waals surface area contributed by atoms with E-state index < -0.39 is 0 Å². The van der Waals surface area contributed by atoms with E-state index >= 15 is 0 Å². The Balaban J connectivity index is 1.65. The van der Waals surface area contributed by atoms with Gasteiger partial charge in [-0.3, -0.25) is 0 Å². The summed E-state index contributed by atoms with van der Waals surface area (Å²) in [6.45, 7) is 2.62. The number of rotatable bonds is 6. The zero-order valence-electron chi connectivity index (χ0n) is 13.7. The van der Waals surface area contributed by atoms with Crippen LogP contribution in [-0.2, 0) is 6.54 Å². The first-order chi connectivity index (χ1) is 11.7. The quantitative estimate of drug-likeness (QED) is 0.737. The molecular formula is C19H19N3O2. The van der Waals surface area contributed by atoms with E-state index in [1.54, 1.807) is 13.3 Å². The Morgan fingerprint density at radius 3 is 2.54 bits per heavy atom. The number of ether oxygens (including phenoxy) is 2. The van der Waals surface area contributed by atoms with E-state index in [1.807, 2.05) is 61.5 Å². The minimum absolute atomic E-state index is 0.552. The molecule has 0 radical (unpaired) electrons. The van der Waals surface area contributed by atoms with E-state index in [4.69, 9.17) is 9.47 Å². The Kier molecular flexibility index (Phi) is 4.91. The van der Waals surface area contributed by atoms with Gasteiger partial charge in [0.15, 0.2) is 0 Å². The molecule has 1 N–H and O–H groups in total. The number of nitrogens with one attached hydrogen (secondary N) is 1. The van der Waals surface area contributed by atoms with Crippen LogP contribution in [0.4, 0.5) is 5.82 Å². The molecule has 0 aliphatic rings. The van der Waals surface area contributed by atoms with Gasteiger partial charge in [-0.1, -0.05) is 6.07 Å². The van der Waals surface area contributed by atoms with Crippen molar-refractivity contribution >= 4 is 5.82 Å². The molecule has 2 heterocycles. The Morgan fingerprint density at radius 2 is 1.79 bits per heavy atom. The lowest BCUT2D eigenvalue weighted by molar-refractivity contribution is 0.412. The smallest absolute Gasteiger partial charge is 0.219 e. The summed E-state index contributed by atoms with van der Waals surface area (Å²) in [5, 5.41) is 3.30. The lowest BCUT2D eigenvalue weighted by Gasteiger charge is -2.09. The van der Waals surface area contributed by atoms with Crippen LogP contribution in [0, 0.1) is 6.92 Å². The fraction of sp³-hybridized carbons (Fsp3) is 0.158. The van der Waals surface area contributed by atoms with Crippen molar-refractivity contribution in [3.8, 4) is 17.4 Å². The molecule has 3 rings (SSSR count). The highest BCUT2D eigenvalue weighted by molar-refractivity contribution is 5.38. The Morgan fingerprint density at radius 1 is 1.00 bits per heavy atom. The van der Waals surface area contributed by atoms with E-state index in [0.717, 1.165) is 22.8 Å². The van der Waals surface area contributed by atoms with Crippen LogP contribution >= 0.6 is 0 Å². The van der Waals surface area contributed by atoms with Crippen LogP contribution in [0.1, 0.15) is 11.3 Å². The van der Waals surface area contributed by atoms with Gasteiger partial charge in [0, 0.05) is 24.5 Å². The van der Waals surface area contributed by atoms with Crippen LogP contribution < -0.4 is 14.8 Å². The largest absolute Gasteiger partial charge is 0.497 e. The van der Waals surface area contributed by atoms with Gasteiger partial charge in [0.05, 0.1) is 7.11 Å². The molecule has 122 valence electrons. The first-order valence-corrected chi connectivity index (χ1v) is 7.67. The van der Waals surface area contributed by atoms with Crippen LogP contribution in [0.2, 0.25) is 0 Å². The fourth-order valence-corrected chi connectivity index (χ4v) is 2.21. The molecule has 0 aliphatic heterocycles. The van der Waals surface area contributed by atoms with Crippen LogP contribution in [0.25, 0.3) is 0 Å². The average Bonchev–Trinajstić information content (AvgIpc) is 2.61. The number of benzene rings is 1. The van der Waals surface area contributed by atoms with Gasteiger partial charge in [0.25, 0.3) is 0 Å². The maximum atomic E-state index is 5.78. The maximum absolute atomic E-state index is 5.78. The predicted molar refractivity (Wildman–Crippen MR) is 93.6 cm³/mol. The number of pyridine rings is 2. The monoisotopic (exact) mass is 321 g/mol. The van der Waals surface area contributed by atoms with Gasteiger partial charge in [-0.15, -0.1) is 0 Å². The van der Waals surface area contributed by atoms with Gasteiger partial charge < -0.3 is 14.8 Å². The highest BCUT2D eigenvalue weighted by atomic mass is 16.5. The van der Waals surface area contributed by atoms with E-state index in [9.17, 15) is 0 Å². The number of hydrogen-bond donors (Lipinski definition) is 1. The van der Waals surface area contributed by atoms with Crippen molar-refractivity contribution < 1.29 is 9.47 Å². The summed E-state index contributed by atoms with van der Waals surface area (Å²) < 4.78 is 10.9. The molecule has 0 atom stereocenters. The number of nitrogens with zero attached hydrogens (tertiary/aromatic N) is 2. The topological polar surface area (TPSA) is 56.3 Å². The zero-order valence-corrected chi connectivity index (χ0v) is 13.7. The minimum atomic E-state index is 0.552. The first-order valence-electron chi connectivity index (χ1n) is 7.67. The summed E-state index contributed by atoms with van der Waals surface area (Å²) in [5.74, 6) is 2.91. The van der Waals surface area contributed by atoms with Gasteiger partial charge in [0.1, 0.15) is 17.3 Å². The van der Waals surface area contributed by atoms with Crippen LogP contribution in [0.3, 0.4) is 0 Å². The second-order valence-corrected chi connectivity index (χ2v) is 5.30. The van der Waals surface area contributed by atoms with Crippen molar-refractivity contribution in [1.29, 1.82) is 0 Å². The van der Waals surface area contributed by atoms with E-state index in [1.165, 1.54) is 0 Å². The predicted octanol–water partition coefficient (Wildman–Crippen LogP) is 4.20. The van der Waals surface area contributed by atoms with Crippen molar-refractivity contribution in [2.75, 3.05) is 12.4 Å². The fourth-order valence-electron chi connectivity index (χ4n) is 2.21. The molecule has 24 heavy (non-hydrogen) atoms. The third-order valence-electron chi connectivity index (χ3n) is 3.44. The van der Waals surface area contributed by atoms with Crippen molar-refractivity contribution in [3.05, 3.63) is 72.1 Å². The molecule has 0 unspecified atom stereocenters. The van der Waals surface area contributed by atoms with Gasteiger partial charge in [-0.05, 0) is 55.0 Å². The Hall–Kier alpha value is -3.08. The molecule has 0 saturated heterocycles. The molecule has 5 nitrogen and oxygen atoms in total. The average molecular weight is 321 g/mol. The highest BCUT2D eigenvalue weighted by Gasteiger charge is 2.02. The summed E-state index contributed by atoms with van der Waals surface area (Å²) >= 11 is 0. The summed E-state index contributed by atoms with van der Waals surface area (Å²) in [4.78, 5) is 8.67. The van der Waals surface area contributed by atoms with Crippen molar-refractivity contribution in [1.82, 2.24) is 9.97 Å². The maximum Gasteiger partial charge on any atom is 0.219 e. The van der Waals surface area contributed by atoms with E-state index in [-0.39, 0.29) is 0 Å². The number of anilines is 1. The van der Waals surface area contributed by atoms with Gasteiger partial charge in [0.2, 0.25) is 5.88 Å². The summed E-state index contributed by atoms with van der Waals surface area (Å²) in [5.41, 5.74) is 2.05. The molecule has 3 aromatic rings. The minimum Gasteiger partial charge on any atom is -0.497 e. The third-order valence-corrected chi connectivity index (χ3v) is 3.44. The van der Waals surface area contributed by atoms with Crippen molar-refractivity contribution in [2.24, 2.45) is 0 Å². The number of aryl methyl sites for hydroxylation is 1. The molecule has 0 amide bonds. The molecule has 0 spiro atoms. The highest BCUT2D eigenvalue weighted by Crippen LogP contribution is 2.23. The van der Waals surface area contributed by atoms with Crippen molar-refractivity contribution in [3.63, 3.8) is 0 Å². The molecule has 0 fully saturated rings. The number of hydrogen-bond acceptors (Lipinski definition) is 5. The molecular weight excluding hydrogens is 302 g/mol. The van der Waals surface area contributed by atoms with Gasteiger partial charge in [-0.2, -0.15) is 0 Å². The second-order valence-electron chi connectivity index (χ2n) is 5.30. The first kappa shape index (κ1) is 15.8. The van der Waals surface area contributed by atoms with Gasteiger partial charge >= 0.3 is 0 Å². The Labute approximate surface area is 141 Å².